The Kier molecular flexibility index (Phi) is 7.37. The molecular formula is C21H21ClN2O7S. The number of hydrogen-bond donors (Lipinski definition) is 1. The highest BCUT2D eigenvalue weighted by atomic mass is 35.5. The molecule has 0 aliphatic carbocycles. The van der Waals surface area contributed by atoms with E-state index < -0.39 is 41.2 Å². The van der Waals surface area contributed by atoms with Gasteiger partial charge in [0.05, 0.1) is 5.69 Å². The first-order valence-corrected chi connectivity index (χ1v) is 10.9. The van der Waals surface area contributed by atoms with Gasteiger partial charge in [0.1, 0.15) is 5.15 Å². The Morgan fingerprint density at radius 1 is 1.09 bits per heavy atom. The second-order valence-corrected chi connectivity index (χ2v) is 8.64. The summed E-state index contributed by atoms with van der Waals surface area (Å²) in [5.74, 6) is -1.99. The lowest BCUT2D eigenvalue weighted by molar-refractivity contribution is -0.197. The van der Waals surface area contributed by atoms with Gasteiger partial charge in [-0.3, -0.25) is 19.4 Å². The maximum absolute atomic E-state index is 11.9. The SMILES string of the molecule is CC(=O)O[C@@H]1[C@@H](OC(C)=O)[C@@](O)(c2ccc(-c3cccnc3)nc2Cl)SC[C@H]1OC(C)=O. The third-order valence-corrected chi connectivity index (χ3v) is 6.30. The van der Waals surface area contributed by atoms with E-state index in [0.29, 0.717) is 11.3 Å². The van der Waals surface area contributed by atoms with Crippen LogP contribution in [0.1, 0.15) is 26.3 Å². The first-order valence-electron chi connectivity index (χ1n) is 9.57. The fraction of sp³-hybridized carbons (Fsp3) is 0.381. The quantitative estimate of drug-likeness (QED) is 0.387. The average molecular weight is 481 g/mol. The number of rotatable bonds is 5. The van der Waals surface area contributed by atoms with Gasteiger partial charge < -0.3 is 19.3 Å². The van der Waals surface area contributed by atoms with Gasteiger partial charge in [0, 0.05) is 50.0 Å². The van der Waals surface area contributed by atoms with Crippen LogP contribution in [0.5, 0.6) is 0 Å². The number of aliphatic hydroxyl groups is 1. The van der Waals surface area contributed by atoms with Crippen LogP contribution < -0.4 is 0 Å². The Hall–Kier alpha value is -2.69. The minimum absolute atomic E-state index is 0.0361. The first-order chi connectivity index (χ1) is 15.1. The molecule has 0 spiro atoms. The largest absolute Gasteiger partial charge is 0.458 e. The zero-order chi connectivity index (χ0) is 23.5. The lowest BCUT2D eigenvalue weighted by Gasteiger charge is -2.45. The number of pyridine rings is 2. The minimum Gasteiger partial charge on any atom is -0.458 e. The monoisotopic (exact) mass is 480 g/mol. The van der Waals surface area contributed by atoms with Gasteiger partial charge in [-0.15, -0.1) is 11.8 Å². The van der Waals surface area contributed by atoms with Crippen LogP contribution in [0.3, 0.4) is 0 Å². The van der Waals surface area contributed by atoms with Gasteiger partial charge in [-0.25, -0.2) is 4.98 Å². The second-order valence-electron chi connectivity index (χ2n) is 7.04. The van der Waals surface area contributed by atoms with Crippen molar-refractivity contribution >= 4 is 41.3 Å². The summed E-state index contributed by atoms with van der Waals surface area (Å²) in [6, 6.07) is 6.75. The van der Waals surface area contributed by atoms with E-state index in [-0.39, 0.29) is 16.5 Å². The molecule has 0 radical (unpaired) electrons. The number of hydrogen-bond acceptors (Lipinski definition) is 10. The van der Waals surface area contributed by atoms with Gasteiger partial charge in [0.2, 0.25) is 0 Å². The molecule has 11 heteroatoms. The zero-order valence-corrected chi connectivity index (χ0v) is 19.1. The normalized spacial score (nSPS) is 25.0. The molecule has 0 amide bonds. The number of halogens is 1. The molecule has 1 fully saturated rings. The summed E-state index contributed by atoms with van der Waals surface area (Å²) in [6.07, 6.45) is -0.396. The third kappa shape index (κ3) is 5.20. The number of carbonyl (C=O) groups is 3. The summed E-state index contributed by atoms with van der Waals surface area (Å²) in [6.45, 7) is 3.51. The van der Waals surface area contributed by atoms with Crippen LogP contribution in [-0.2, 0) is 33.5 Å². The van der Waals surface area contributed by atoms with Crippen LogP contribution in [0.25, 0.3) is 11.3 Å². The van der Waals surface area contributed by atoms with Crippen molar-refractivity contribution in [3.63, 3.8) is 0 Å². The number of aromatic nitrogens is 2. The molecule has 170 valence electrons. The standard InChI is InChI=1S/C21H21ClN2O7S/c1-11(25)29-17-10-32-21(28,19(31-13(3)27)18(17)30-12(2)26)15-6-7-16(24-20(15)22)14-5-4-8-23-9-14/h4-9,17-19,28H,10H2,1-3H3/t17-,18+,19-,21-/m1/s1. The Morgan fingerprint density at radius 2 is 1.78 bits per heavy atom. The van der Waals surface area contributed by atoms with Crippen LogP contribution in [0.15, 0.2) is 36.7 Å². The fourth-order valence-corrected chi connectivity index (χ4v) is 5.08. The van der Waals surface area contributed by atoms with Crippen LogP contribution >= 0.6 is 23.4 Å². The molecule has 0 aromatic carbocycles. The second kappa shape index (κ2) is 9.85. The van der Waals surface area contributed by atoms with Crippen LogP contribution in [0.4, 0.5) is 0 Å². The van der Waals surface area contributed by atoms with Gasteiger partial charge in [-0.1, -0.05) is 11.6 Å². The third-order valence-electron chi connectivity index (χ3n) is 4.62. The molecule has 1 aliphatic rings. The zero-order valence-electron chi connectivity index (χ0n) is 17.5. The first kappa shape index (κ1) is 24.0. The van der Waals surface area contributed by atoms with Crippen molar-refractivity contribution < 1.29 is 33.7 Å². The molecule has 2 aromatic heterocycles. The van der Waals surface area contributed by atoms with E-state index in [2.05, 4.69) is 9.97 Å². The molecule has 9 nitrogen and oxygen atoms in total. The molecule has 3 rings (SSSR count). The lowest BCUT2D eigenvalue weighted by atomic mass is 9.96. The van der Waals surface area contributed by atoms with Crippen molar-refractivity contribution in [2.24, 2.45) is 0 Å². The molecule has 3 heterocycles. The topological polar surface area (TPSA) is 125 Å². The van der Waals surface area contributed by atoms with Gasteiger partial charge in [0.25, 0.3) is 0 Å². The van der Waals surface area contributed by atoms with E-state index in [0.717, 1.165) is 25.6 Å². The van der Waals surface area contributed by atoms with E-state index in [1.807, 2.05) is 0 Å². The Labute approximate surface area is 193 Å². The van der Waals surface area contributed by atoms with E-state index in [4.69, 9.17) is 25.8 Å². The Bertz CT molecular complexity index is 1020. The van der Waals surface area contributed by atoms with Crippen molar-refractivity contribution in [1.82, 2.24) is 9.97 Å². The maximum atomic E-state index is 11.9. The highest BCUT2D eigenvalue weighted by Crippen LogP contribution is 2.48. The van der Waals surface area contributed by atoms with Crippen molar-refractivity contribution in [1.29, 1.82) is 0 Å². The fourth-order valence-electron chi connectivity index (χ4n) is 3.38. The molecule has 4 atom stereocenters. The van der Waals surface area contributed by atoms with E-state index >= 15 is 0 Å². The number of carbonyl (C=O) groups excluding carboxylic acids is 3. The number of thioether (sulfide) groups is 1. The van der Waals surface area contributed by atoms with Crippen molar-refractivity contribution in [2.45, 2.75) is 44.0 Å². The van der Waals surface area contributed by atoms with Crippen LogP contribution in [0, 0.1) is 0 Å². The van der Waals surface area contributed by atoms with E-state index in [1.54, 1.807) is 36.7 Å². The smallest absolute Gasteiger partial charge is 0.303 e. The molecule has 0 saturated carbocycles. The van der Waals surface area contributed by atoms with Gasteiger partial charge in [-0.2, -0.15) is 0 Å². The number of ether oxygens (including phenoxy) is 3. The highest BCUT2D eigenvalue weighted by Gasteiger charge is 2.56. The number of nitrogens with zero attached hydrogens (tertiary/aromatic N) is 2. The maximum Gasteiger partial charge on any atom is 0.303 e. The van der Waals surface area contributed by atoms with Crippen LogP contribution in [0.2, 0.25) is 5.15 Å². The summed E-state index contributed by atoms with van der Waals surface area (Å²) >= 11 is 7.38. The summed E-state index contributed by atoms with van der Waals surface area (Å²) in [5.41, 5.74) is 1.39. The molecule has 0 unspecified atom stereocenters. The van der Waals surface area contributed by atoms with Crippen molar-refractivity contribution in [2.75, 3.05) is 5.75 Å². The predicted molar refractivity (Wildman–Crippen MR) is 115 cm³/mol. The molecule has 1 aliphatic heterocycles. The minimum atomic E-state index is -1.93. The highest BCUT2D eigenvalue weighted by molar-refractivity contribution is 8.00. The van der Waals surface area contributed by atoms with Crippen LogP contribution in [-0.4, -0.2) is 57.0 Å². The van der Waals surface area contributed by atoms with E-state index in [9.17, 15) is 19.5 Å². The Balaban J connectivity index is 2.05. The van der Waals surface area contributed by atoms with Crippen molar-refractivity contribution in [3.05, 3.63) is 47.4 Å². The summed E-state index contributed by atoms with van der Waals surface area (Å²) < 4.78 is 16.0. The predicted octanol–water partition coefficient (Wildman–Crippen LogP) is 2.48. The molecule has 2 aromatic rings. The molecule has 32 heavy (non-hydrogen) atoms. The summed E-state index contributed by atoms with van der Waals surface area (Å²) in [4.78, 5) is 41.6. The molecule has 0 bridgehead atoms. The van der Waals surface area contributed by atoms with E-state index in [1.165, 1.54) is 6.92 Å². The molecular weight excluding hydrogens is 460 g/mol. The summed E-state index contributed by atoms with van der Waals surface area (Å²) in [7, 11) is 0. The van der Waals surface area contributed by atoms with Gasteiger partial charge >= 0.3 is 17.9 Å². The molecule has 1 saturated heterocycles. The van der Waals surface area contributed by atoms with Crippen molar-refractivity contribution in [3.8, 4) is 11.3 Å². The average Bonchev–Trinajstić information content (AvgIpc) is 2.72. The number of esters is 3. The summed E-state index contributed by atoms with van der Waals surface area (Å²) in [5, 5.41) is 11.6. The molecule has 1 N–H and O–H groups in total. The Morgan fingerprint density at radius 3 is 2.34 bits per heavy atom. The lowest BCUT2D eigenvalue weighted by Crippen LogP contribution is -2.59. The van der Waals surface area contributed by atoms with Gasteiger partial charge in [-0.05, 0) is 24.3 Å². The van der Waals surface area contributed by atoms with Gasteiger partial charge in [0.15, 0.2) is 23.2 Å².